The van der Waals surface area contributed by atoms with Crippen LogP contribution in [0.3, 0.4) is 0 Å². The summed E-state index contributed by atoms with van der Waals surface area (Å²) in [6.07, 6.45) is 1.36. The van der Waals surface area contributed by atoms with Gasteiger partial charge in [-0.05, 0) is 70.6 Å². The number of urea groups is 1. The molecular weight excluding hydrogens is 613 g/mol. The normalized spacial score (nSPS) is 14.4. The van der Waals surface area contributed by atoms with Crippen LogP contribution in [0.15, 0.2) is 72.3 Å². The number of anilines is 2. The number of nitrogens with one attached hydrogen (secondary N) is 2. The minimum absolute atomic E-state index is 0.228. The average Bonchev–Trinajstić information content (AvgIpc) is 2.87. The molecule has 0 aromatic heterocycles. The summed E-state index contributed by atoms with van der Waals surface area (Å²) in [6, 6.07) is 17.5. The van der Waals surface area contributed by atoms with E-state index in [9.17, 15) is 19.2 Å². The van der Waals surface area contributed by atoms with E-state index in [1.54, 1.807) is 66.7 Å². The first-order valence-electron chi connectivity index (χ1n) is 10.8. The Balaban J connectivity index is 1.56. The molecular formula is C26H19ClIN3O6. The Morgan fingerprint density at radius 2 is 1.78 bits per heavy atom. The first kappa shape index (κ1) is 26.2. The van der Waals surface area contributed by atoms with Crippen molar-refractivity contribution in [2.75, 3.05) is 23.9 Å². The summed E-state index contributed by atoms with van der Waals surface area (Å²) in [7, 11) is 1.42. The molecule has 9 nitrogen and oxygen atoms in total. The first-order valence-corrected chi connectivity index (χ1v) is 12.3. The number of benzene rings is 3. The number of methoxy groups -OCH3 is 1. The number of hydrogen-bond donors (Lipinski definition) is 2. The van der Waals surface area contributed by atoms with Gasteiger partial charge in [-0.2, -0.15) is 0 Å². The fourth-order valence-corrected chi connectivity index (χ4v) is 4.45. The molecule has 5 amide bonds. The molecule has 0 radical (unpaired) electrons. The van der Waals surface area contributed by atoms with E-state index in [1.165, 1.54) is 13.2 Å². The number of ether oxygens (including phenoxy) is 2. The van der Waals surface area contributed by atoms with Crippen molar-refractivity contribution in [2.24, 2.45) is 0 Å². The van der Waals surface area contributed by atoms with Gasteiger partial charge in [-0.3, -0.25) is 19.7 Å². The Hall–Kier alpha value is -3.90. The van der Waals surface area contributed by atoms with Crippen LogP contribution in [-0.4, -0.2) is 37.5 Å². The van der Waals surface area contributed by atoms with Crippen LogP contribution in [0.5, 0.6) is 11.5 Å². The molecule has 3 aromatic rings. The topological polar surface area (TPSA) is 114 Å². The van der Waals surface area contributed by atoms with Crippen molar-refractivity contribution in [1.29, 1.82) is 0 Å². The fourth-order valence-electron chi connectivity index (χ4n) is 3.49. The maximum atomic E-state index is 13.1. The molecule has 0 unspecified atom stereocenters. The molecule has 11 heteroatoms. The second-order valence-corrected chi connectivity index (χ2v) is 9.21. The number of para-hydroxylation sites is 2. The van der Waals surface area contributed by atoms with Crippen LogP contribution in [0.2, 0.25) is 5.02 Å². The van der Waals surface area contributed by atoms with Crippen LogP contribution < -0.4 is 25.0 Å². The zero-order chi connectivity index (χ0) is 26.5. The Bertz CT molecular complexity index is 1430. The third-order valence-corrected chi connectivity index (χ3v) is 6.31. The molecule has 1 fully saturated rings. The maximum absolute atomic E-state index is 13.1. The number of imide groups is 2. The lowest BCUT2D eigenvalue weighted by Crippen LogP contribution is -2.54. The SMILES string of the molecule is COc1cc(/C=C2/C(=O)NC(=O)N(c3ccccc3)C2=O)cc(I)c1OCC(=O)Nc1ccccc1Cl. The largest absolute Gasteiger partial charge is 0.493 e. The third kappa shape index (κ3) is 5.92. The van der Waals surface area contributed by atoms with Crippen LogP contribution in [0, 0.1) is 3.57 Å². The zero-order valence-electron chi connectivity index (χ0n) is 19.3. The van der Waals surface area contributed by atoms with Gasteiger partial charge in [-0.15, -0.1) is 0 Å². The molecule has 37 heavy (non-hydrogen) atoms. The summed E-state index contributed by atoms with van der Waals surface area (Å²) in [5.41, 5.74) is 1.01. The summed E-state index contributed by atoms with van der Waals surface area (Å²) in [5.74, 6) is -1.41. The van der Waals surface area contributed by atoms with Gasteiger partial charge in [-0.1, -0.05) is 41.9 Å². The number of rotatable bonds is 7. The number of hydrogen-bond acceptors (Lipinski definition) is 6. The summed E-state index contributed by atoms with van der Waals surface area (Å²) in [5, 5.41) is 5.26. The van der Waals surface area contributed by atoms with Gasteiger partial charge >= 0.3 is 6.03 Å². The molecule has 1 saturated heterocycles. The van der Waals surface area contributed by atoms with Gasteiger partial charge < -0.3 is 14.8 Å². The van der Waals surface area contributed by atoms with E-state index in [4.69, 9.17) is 21.1 Å². The van der Waals surface area contributed by atoms with Gasteiger partial charge in [0.2, 0.25) is 0 Å². The minimum atomic E-state index is -0.829. The highest BCUT2D eigenvalue weighted by atomic mass is 127. The van der Waals surface area contributed by atoms with E-state index >= 15 is 0 Å². The predicted molar refractivity (Wildman–Crippen MR) is 147 cm³/mol. The highest BCUT2D eigenvalue weighted by Gasteiger charge is 2.36. The lowest BCUT2D eigenvalue weighted by atomic mass is 10.1. The van der Waals surface area contributed by atoms with Crippen LogP contribution in [0.4, 0.5) is 16.2 Å². The third-order valence-electron chi connectivity index (χ3n) is 5.17. The molecule has 1 aliphatic rings. The molecule has 0 atom stereocenters. The number of carbonyl (C=O) groups excluding carboxylic acids is 4. The van der Waals surface area contributed by atoms with Crippen molar-refractivity contribution in [3.8, 4) is 11.5 Å². The smallest absolute Gasteiger partial charge is 0.335 e. The van der Waals surface area contributed by atoms with Gasteiger partial charge in [0, 0.05) is 0 Å². The summed E-state index contributed by atoms with van der Waals surface area (Å²) >= 11 is 8.07. The van der Waals surface area contributed by atoms with Crippen LogP contribution in [-0.2, 0) is 14.4 Å². The van der Waals surface area contributed by atoms with Crippen molar-refractivity contribution in [3.05, 3.63) is 86.5 Å². The molecule has 1 aliphatic heterocycles. The van der Waals surface area contributed by atoms with Crippen molar-refractivity contribution < 1.29 is 28.7 Å². The summed E-state index contributed by atoms with van der Waals surface area (Å²) < 4.78 is 11.7. The molecule has 0 spiro atoms. The highest BCUT2D eigenvalue weighted by Crippen LogP contribution is 2.35. The number of amides is 5. The molecule has 4 rings (SSSR count). The van der Waals surface area contributed by atoms with Gasteiger partial charge in [0.05, 0.1) is 27.1 Å². The number of halogens is 2. The first-order chi connectivity index (χ1) is 17.8. The van der Waals surface area contributed by atoms with Crippen molar-refractivity contribution in [1.82, 2.24) is 5.32 Å². The van der Waals surface area contributed by atoms with Gasteiger partial charge in [0.15, 0.2) is 18.1 Å². The molecule has 0 saturated carbocycles. The minimum Gasteiger partial charge on any atom is -0.493 e. The van der Waals surface area contributed by atoms with Crippen molar-refractivity contribution >= 4 is 75.4 Å². The molecule has 3 aromatic carbocycles. The second-order valence-electron chi connectivity index (χ2n) is 7.64. The second kappa shape index (κ2) is 11.4. The number of barbiturate groups is 1. The molecule has 2 N–H and O–H groups in total. The van der Waals surface area contributed by atoms with E-state index in [0.717, 1.165) is 4.90 Å². The lowest BCUT2D eigenvalue weighted by Gasteiger charge is -2.26. The standard InChI is InChI=1S/C26H19ClIN3O6/c1-36-21-13-15(11-17-24(33)30-26(35)31(25(17)34)16-7-3-2-4-8-16)12-19(28)23(21)37-14-22(32)29-20-10-6-5-9-18(20)27/h2-13H,14H2,1H3,(H,29,32)(H,30,33,35)/b17-11-. The van der Waals surface area contributed by atoms with Gasteiger partial charge in [0.25, 0.3) is 17.7 Å². The molecule has 1 heterocycles. The Kier molecular flexibility index (Phi) is 8.09. The van der Waals surface area contributed by atoms with Crippen LogP contribution in [0.1, 0.15) is 5.56 Å². The van der Waals surface area contributed by atoms with Gasteiger partial charge in [-0.25, -0.2) is 9.69 Å². The van der Waals surface area contributed by atoms with E-state index in [2.05, 4.69) is 10.6 Å². The van der Waals surface area contributed by atoms with E-state index in [-0.39, 0.29) is 17.9 Å². The zero-order valence-corrected chi connectivity index (χ0v) is 22.2. The van der Waals surface area contributed by atoms with E-state index in [0.29, 0.717) is 31.3 Å². The molecule has 0 bridgehead atoms. The summed E-state index contributed by atoms with van der Waals surface area (Å²) in [4.78, 5) is 51.2. The van der Waals surface area contributed by atoms with Crippen molar-refractivity contribution in [2.45, 2.75) is 0 Å². The van der Waals surface area contributed by atoms with Gasteiger partial charge in [0.1, 0.15) is 5.57 Å². The maximum Gasteiger partial charge on any atom is 0.335 e. The molecule has 188 valence electrons. The Morgan fingerprint density at radius 1 is 1.08 bits per heavy atom. The lowest BCUT2D eigenvalue weighted by molar-refractivity contribution is -0.122. The predicted octanol–water partition coefficient (Wildman–Crippen LogP) is 4.64. The molecule has 0 aliphatic carbocycles. The van der Waals surface area contributed by atoms with E-state index < -0.39 is 23.8 Å². The van der Waals surface area contributed by atoms with Crippen LogP contribution >= 0.6 is 34.2 Å². The number of nitrogens with zero attached hydrogens (tertiary/aromatic N) is 1. The van der Waals surface area contributed by atoms with Crippen molar-refractivity contribution in [3.63, 3.8) is 0 Å². The van der Waals surface area contributed by atoms with E-state index in [1.807, 2.05) is 22.6 Å². The van der Waals surface area contributed by atoms with Crippen LogP contribution in [0.25, 0.3) is 6.08 Å². The Labute approximate surface area is 230 Å². The monoisotopic (exact) mass is 631 g/mol. The number of carbonyl (C=O) groups is 4. The Morgan fingerprint density at radius 3 is 2.49 bits per heavy atom. The highest BCUT2D eigenvalue weighted by molar-refractivity contribution is 14.1. The average molecular weight is 632 g/mol. The fraction of sp³-hybridized carbons (Fsp3) is 0.0769. The quantitative estimate of drug-likeness (QED) is 0.223. The summed E-state index contributed by atoms with van der Waals surface area (Å²) in [6.45, 7) is -0.312.